The zero-order chi connectivity index (χ0) is 12.6. The van der Waals surface area contributed by atoms with E-state index in [2.05, 4.69) is 0 Å². The van der Waals surface area contributed by atoms with E-state index in [0.29, 0.717) is 11.9 Å². The summed E-state index contributed by atoms with van der Waals surface area (Å²) in [4.78, 5) is 0. The first-order valence-corrected chi connectivity index (χ1v) is 5.37. The lowest BCUT2D eigenvalue weighted by molar-refractivity contribution is -0.136. The smallest absolute Gasteiger partial charge is 0.347 e. The van der Waals surface area contributed by atoms with Crippen molar-refractivity contribution in [2.24, 2.45) is 5.73 Å². The van der Waals surface area contributed by atoms with Gasteiger partial charge in [-0.1, -0.05) is 12.1 Å². The van der Waals surface area contributed by atoms with Gasteiger partial charge in [0.15, 0.2) is 0 Å². The van der Waals surface area contributed by atoms with E-state index in [9.17, 15) is 13.2 Å². The summed E-state index contributed by atoms with van der Waals surface area (Å²) in [6.45, 7) is 2.54. The summed E-state index contributed by atoms with van der Waals surface area (Å²) in [7, 11) is 0. The number of aromatic nitrogens is 1. The Kier molecular flexibility index (Phi) is 2.87. The van der Waals surface area contributed by atoms with Gasteiger partial charge >= 0.3 is 6.18 Å². The normalized spacial score (nSPS) is 12.3. The number of benzene rings is 1. The van der Waals surface area contributed by atoms with E-state index in [1.807, 2.05) is 6.92 Å². The third-order valence-corrected chi connectivity index (χ3v) is 2.85. The first kappa shape index (κ1) is 12.0. The molecule has 0 saturated carbocycles. The lowest BCUT2D eigenvalue weighted by Gasteiger charge is -2.10. The first-order valence-electron chi connectivity index (χ1n) is 5.37. The molecule has 2 N–H and O–H groups in total. The summed E-state index contributed by atoms with van der Waals surface area (Å²) in [5.41, 5.74) is 5.92. The van der Waals surface area contributed by atoms with Crippen LogP contribution in [0.15, 0.2) is 24.4 Å². The summed E-state index contributed by atoms with van der Waals surface area (Å²) in [6, 6.07) is 4.21. The molecule has 0 amide bonds. The number of nitrogens with two attached hydrogens (primary N) is 1. The summed E-state index contributed by atoms with van der Waals surface area (Å²) in [5.74, 6) is 0. The Morgan fingerprint density at radius 3 is 2.53 bits per heavy atom. The largest absolute Gasteiger partial charge is 0.418 e. The predicted molar refractivity (Wildman–Crippen MR) is 60.5 cm³/mol. The molecule has 0 spiro atoms. The topological polar surface area (TPSA) is 30.9 Å². The number of para-hydroxylation sites is 1. The second-order valence-corrected chi connectivity index (χ2v) is 3.84. The van der Waals surface area contributed by atoms with Gasteiger partial charge in [0.2, 0.25) is 0 Å². The molecular formula is C12H13F3N2. The van der Waals surface area contributed by atoms with Crippen LogP contribution in [0.2, 0.25) is 0 Å². The SMILES string of the molecule is CCn1cc(CN)c2cccc(C(F)(F)F)c21. The summed E-state index contributed by atoms with van der Waals surface area (Å²) in [6.07, 6.45) is -2.64. The molecule has 0 unspecified atom stereocenters. The van der Waals surface area contributed by atoms with Gasteiger partial charge in [-0.2, -0.15) is 13.2 Å². The lowest BCUT2D eigenvalue weighted by Crippen LogP contribution is -2.08. The van der Waals surface area contributed by atoms with Crippen molar-refractivity contribution >= 4 is 10.9 Å². The van der Waals surface area contributed by atoms with Gasteiger partial charge in [0.05, 0.1) is 11.1 Å². The number of hydrogen-bond donors (Lipinski definition) is 1. The van der Waals surface area contributed by atoms with Gasteiger partial charge < -0.3 is 10.3 Å². The fraction of sp³-hybridized carbons (Fsp3) is 0.333. The highest BCUT2D eigenvalue weighted by Gasteiger charge is 2.33. The average molecular weight is 242 g/mol. The van der Waals surface area contributed by atoms with E-state index >= 15 is 0 Å². The highest BCUT2D eigenvalue weighted by molar-refractivity contribution is 5.87. The Bertz CT molecular complexity index is 540. The molecule has 0 fully saturated rings. The van der Waals surface area contributed by atoms with E-state index in [0.717, 1.165) is 11.6 Å². The fourth-order valence-electron chi connectivity index (χ4n) is 2.08. The first-order chi connectivity index (χ1) is 7.99. The van der Waals surface area contributed by atoms with Gasteiger partial charge in [0, 0.05) is 24.7 Å². The molecule has 1 heterocycles. The minimum atomic E-state index is -4.34. The van der Waals surface area contributed by atoms with Crippen molar-refractivity contribution in [1.82, 2.24) is 4.57 Å². The number of nitrogens with zero attached hydrogens (tertiary/aromatic N) is 1. The number of halogens is 3. The van der Waals surface area contributed by atoms with Crippen LogP contribution in [0.5, 0.6) is 0 Å². The maximum Gasteiger partial charge on any atom is 0.418 e. The fourth-order valence-corrected chi connectivity index (χ4v) is 2.08. The van der Waals surface area contributed by atoms with Crippen molar-refractivity contribution in [3.63, 3.8) is 0 Å². The van der Waals surface area contributed by atoms with Crippen molar-refractivity contribution in [2.75, 3.05) is 0 Å². The molecule has 0 atom stereocenters. The highest BCUT2D eigenvalue weighted by Crippen LogP contribution is 2.36. The highest BCUT2D eigenvalue weighted by atomic mass is 19.4. The van der Waals surface area contributed by atoms with Crippen LogP contribution in [0, 0.1) is 0 Å². The predicted octanol–water partition coefficient (Wildman–Crippen LogP) is 3.14. The molecule has 2 nitrogen and oxygen atoms in total. The maximum absolute atomic E-state index is 12.9. The van der Waals surface area contributed by atoms with Gasteiger partial charge in [-0.05, 0) is 18.6 Å². The van der Waals surface area contributed by atoms with E-state index in [1.54, 1.807) is 16.8 Å². The molecule has 17 heavy (non-hydrogen) atoms. The summed E-state index contributed by atoms with van der Waals surface area (Å²) < 4.78 is 40.3. The molecule has 2 rings (SSSR count). The van der Waals surface area contributed by atoms with E-state index in [-0.39, 0.29) is 12.1 Å². The van der Waals surface area contributed by atoms with Gasteiger partial charge in [-0.25, -0.2) is 0 Å². The van der Waals surface area contributed by atoms with Crippen molar-refractivity contribution in [2.45, 2.75) is 26.2 Å². The van der Waals surface area contributed by atoms with E-state index in [4.69, 9.17) is 5.73 Å². The molecular weight excluding hydrogens is 229 g/mol. The zero-order valence-electron chi connectivity index (χ0n) is 9.38. The van der Waals surface area contributed by atoms with Crippen molar-refractivity contribution < 1.29 is 13.2 Å². The molecule has 0 saturated heterocycles. The van der Waals surface area contributed by atoms with Crippen LogP contribution in [0.4, 0.5) is 13.2 Å². The molecule has 1 aromatic carbocycles. The molecule has 5 heteroatoms. The molecule has 2 aromatic rings. The number of alkyl halides is 3. The van der Waals surface area contributed by atoms with E-state index in [1.165, 1.54) is 6.07 Å². The minimum Gasteiger partial charge on any atom is -0.347 e. The van der Waals surface area contributed by atoms with Crippen molar-refractivity contribution in [3.05, 3.63) is 35.5 Å². The number of rotatable bonds is 2. The molecule has 92 valence electrons. The molecule has 1 aromatic heterocycles. The van der Waals surface area contributed by atoms with Crippen molar-refractivity contribution in [3.8, 4) is 0 Å². The molecule has 0 bridgehead atoms. The van der Waals surface area contributed by atoms with Crippen LogP contribution < -0.4 is 5.73 Å². The van der Waals surface area contributed by atoms with Gasteiger partial charge in [0.25, 0.3) is 0 Å². The Hall–Kier alpha value is -1.49. The van der Waals surface area contributed by atoms with E-state index < -0.39 is 11.7 Å². The monoisotopic (exact) mass is 242 g/mol. The minimum absolute atomic E-state index is 0.225. The average Bonchev–Trinajstić information content (AvgIpc) is 2.65. The number of aryl methyl sites for hydroxylation is 1. The maximum atomic E-state index is 12.9. The van der Waals surface area contributed by atoms with Crippen LogP contribution in [-0.2, 0) is 19.3 Å². The molecule has 0 radical (unpaired) electrons. The third kappa shape index (κ3) is 1.91. The zero-order valence-corrected chi connectivity index (χ0v) is 9.38. The van der Waals surface area contributed by atoms with Crippen LogP contribution >= 0.6 is 0 Å². The molecule has 0 aliphatic heterocycles. The Labute approximate surface area is 96.8 Å². The van der Waals surface area contributed by atoms with Gasteiger partial charge in [-0.15, -0.1) is 0 Å². The van der Waals surface area contributed by atoms with Crippen LogP contribution in [0.25, 0.3) is 10.9 Å². The number of hydrogen-bond acceptors (Lipinski definition) is 1. The second-order valence-electron chi connectivity index (χ2n) is 3.84. The standard InChI is InChI=1S/C12H13F3N2/c1-2-17-7-8(6-16)9-4-3-5-10(11(9)17)12(13,14)15/h3-5,7H,2,6,16H2,1H3. The second kappa shape index (κ2) is 4.07. The molecule has 0 aliphatic rings. The lowest BCUT2D eigenvalue weighted by atomic mass is 10.1. The third-order valence-electron chi connectivity index (χ3n) is 2.85. The summed E-state index contributed by atoms with van der Waals surface area (Å²) in [5, 5.41) is 0.587. The Balaban J connectivity index is 2.83. The Morgan fingerprint density at radius 2 is 2.00 bits per heavy atom. The quantitative estimate of drug-likeness (QED) is 0.861. The number of fused-ring (bicyclic) bond motifs is 1. The van der Waals surface area contributed by atoms with Crippen LogP contribution in [0.1, 0.15) is 18.1 Å². The summed E-state index contributed by atoms with van der Waals surface area (Å²) >= 11 is 0. The van der Waals surface area contributed by atoms with Crippen LogP contribution in [-0.4, -0.2) is 4.57 Å². The van der Waals surface area contributed by atoms with Crippen LogP contribution in [0.3, 0.4) is 0 Å². The van der Waals surface area contributed by atoms with Gasteiger partial charge in [0.1, 0.15) is 0 Å². The molecule has 0 aliphatic carbocycles. The van der Waals surface area contributed by atoms with Crippen molar-refractivity contribution in [1.29, 1.82) is 0 Å². The Morgan fingerprint density at radius 1 is 1.29 bits per heavy atom. The van der Waals surface area contributed by atoms with Gasteiger partial charge in [-0.3, -0.25) is 0 Å².